The van der Waals surface area contributed by atoms with E-state index in [4.69, 9.17) is 4.42 Å². The number of nitrogens with zero attached hydrogens (tertiary/aromatic N) is 1. The number of hydrogen-bond acceptors (Lipinski definition) is 3. The number of aromatic nitrogens is 1. The van der Waals surface area contributed by atoms with E-state index < -0.39 is 23.6 Å². The zero-order valence-corrected chi connectivity index (χ0v) is 9.80. The molecule has 2 aromatic rings. The highest BCUT2D eigenvalue weighted by Crippen LogP contribution is 2.22. The zero-order valence-electron chi connectivity index (χ0n) is 9.80. The number of halogens is 3. The number of rotatable bonds is 3. The Balaban J connectivity index is 2.21. The third kappa shape index (κ3) is 2.47. The second kappa shape index (κ2) is 4.72. The molecule has 6 heteroatoms. The van der Waals surface area contributed by atoms with Crippen LogP contribution in [0.3, 0.4) is 0 Å². The highest BCUT2D eigenvalue weighted by molar-refractivity contribution is 5.38. The van der Waals surface area contributed by atoms with Crippen LogP contribution in [0.25, 0.3) is 0 Å². The molecule has 0 saturated carbocycles. The van der Waals surface area contributed by atoms with Gasteiger partial charge in [-0.25, -0.2) is 8.78 Å². The molecule has 3 nitrogen and oxygen atoms in total. The largest absolute Gasteiger partial charge is 0.464 e. The first-order valence-electron chi connectivity index (χ1n) is 5.32. The Morgan fingerprint density at radius 1 is 1.22 bits per heavy atom. The van der Waals surface area contributed by atoms with Crippen LogP contribution in [0.5, 0.6) is 0 Å². The summed E-state index contributed by atoms with van der Waals surface area (Å²) >= 11 is 0. The molecule has 0 bridgehead atoms. The highest BCUT2D eigenvalue weighted by atomic mass is 19.2. The first kappa shape index (κ1) is 12.5. The van der Waals surface area contributed by atoms with Crippen LogP contribution in [-0.4, -0.2) is 4.98 Å². The van der Waals surface area contributed by atoms with Gasteiger partial charge >= 0.3 is 0 Å². The van der Waals surface area contributed by atoms with Crippen molar-refractivity contribution in [1.29, 1.82) is 0 Å². The van der Waals surface area contributed by atoms with Gasteiger partial charge in [-0.2, -0.15) is 9.37 Å². The second-order valence-corrected chi connectivity index (χ2v) is 3.91. The summed E-state index contributed by atoms with van der Waals surface area (Å²) < 4.78 is 44.3. The van der Waals surface area contributed by atoms with Gasteiger partial charge in [0, 0.05) is 6.07 Å². The molecule has 1 atom stereocenters. The van der Waals surface area contributed by atoms with Gasteiger partial charge in [-0.05, 0) is 26.0 Å². The average Bonchev–Trinajstić information content (AvgIpc) is 2.73. The van der Waals surface area contributed by atoms with Crippen molar-refractivity contribution in [3.05, 3.63) is 47.3 Å². The molecule has 1 N–H and O–H groups in total. The van der Waals surface area contributed by atoms with Crippen molar-refractivity contribution >= 4 is 5.82 Å². The molecule has 0 saturated heterocycles. The van der Waals surface area contributed by atoms with Gasteiger partial charge in [0.05, 0.1) is 6.04 Å². The number of furan rings is 1. The summed E-state index contributed by atoms with van der Waals surface area (Å²) in [5.74, 6) is -2.71. The van der Waals surface area contributed by atoms with E-state index in [-0.39, 0.29) is 5.82 Å². The molecule has 0 radical (unpaired) electrons. The Hall–Kier alpha value is -1.98. The van der Waals surface area contributed by atoms with Crippen molar-refractivity contribution in [1.82, 2.24) is 4.98 Å². The lowest BCUT2D eigenvalue weighted by atomic mass is 10.2. The normalized spacial score (nSPS) is 12.5. The van der Waals surface area contributed by atoms with Crippen molar-refractivity contribution in [2.24, 2.45) is 0 Å². The third-order valence-corrected chi connectivity index (χ3v) is 2.43. The number of hydrogen-bond donors (Lipinski definition) is 1. The molecular formula is C12H11F3N2O. The van der Waals surface area contributed by atoms with Crippen molar-refractivity contribution < 1.29 is 17.6 Å². The van der Waals surface area contributed by atoms with E-state index >= 15 is 0 Å². The minimum Gasteiger partial charge on any atom is -0.464 e. The van der Waals surface area contributed by atoms with E-state index in [0.717, 1.165) is 0 Å². The molecule has 1 unspecified atom stereocenters. The maximum Gasteiger partial charge on any atom is 0.251 e. The van der Waals surface area contributed by atoms with Gasteiger partial charge in [0.1, 0.15) is 11.5 Å². The predicted octanol–water partition coefficient (Wildman–Crippen LogP) is 3.57. The SMILES string of the molecule is Cc1ccc(C(C)Nc2nc(F)c(F)cc2F)o1. The molecule has 0 spiro atoms. The first-order valence-corrected chi connectivity index (χ1v) is 5.32. The molecule has 0 aliphatic heterocycles. The molecular weight excluding hydrogens is 245 g/mol. The summed E-state index contributed by atoms with van der Waals surface area (Å²) in [6.07, 6.45) is 0. The summed E-state index contributed by atoms with van der Waals surface area (Å²) in [5, 5.41) is 2.62. The molecule has 0 aromatic carbocycles. The number of anilines is 1. The van der Waals surface area contributed by atoms with Crippen LogP contribution in [0.15, 0.2) is 22.6 Å². The zero-order chi connectivity index (χ0) is 13.3. The van der Waals surface area contributed by atoms with Crippen molar-refractivity contribution in [3.8, 4) is 0 Å². The fraction of sp³-hybridized carbons (Fsp3) is 0.250. The Labute approximate surface area is 102 Å². The average molecular weight is 256 g/mol. The second-order valence-electron chi connectivity index (χ2n) is 3.91. The topological polar surface area (TPSA) is 38.1 Å². The summed E-state index contributed by atoms with van der Waals surface area (Å²) in [4.78, 5) is 3.18. The lowest BCUT2D eigenvalue weighted by Crippen LogP contribution is -2.10. The summed E-state index contributed by atoms with van der Waals surface area (Å²) in [6, 6.07) is 3.50. The fourth-order valence-electron chi connectivity index (χ4n) is 1.51. The maximum absolute atomic E-state index is 13.3. The van der Waals surface area contributed by atoms with E-state index in [1.165, 1.54) is 0 Å². The Morgan fingerprint density at radius 2 is 1.94 bits per heavy atom. The molecule has 0 fully saturated rings. The summed E-state index contributed by atoms with van der Waals surface area (Å²) in [5.41, 5.74) is 0. The summed E-state index contributed by atoms with van der Waals surface area (Å²) in [6.45, 7) is 3.47. The number of aryl methyl sites for hydroxylation is 1. The third-order valence-electron chi connectivity index (χ3n) is 2.43. The van der Waals surface area contributed by atoms with Gasteiger partial charge in [0.15, 0.2) is 17.5 Å². The van der Waals surface area contributed by atoms with Gasteiger partial charge in [0.25, 0.3) is 5.95 Å². The van der Waals surface area contributed by atoms with E-state index in [1.54, 1.807) is 26.0 Å². The quantitative estimate of drug-likeness (QED) is 0.853. The molecule has 0 aliphatic rings. The molecule has 18 heavy (non-hydrogen) atoms. The van der Waals surface area contributed by atoms with E-state index in [9.17, 15) is 13.2 Å². The van der Waals surface area contributed by atoms with Crippen molar-refractivity contribution in [3.63, 3.8) is 0 Å². The van der Waals surface area contributed by atoms with Gasteiger partial charge in [0.2, 0.25) is 0 Å². The van der Waals surface area contributed by atoms with E-state index in [2.05, 4.69) is 10.3 Å². The van der Waals surface area contributed by atoms with Crippen LogP contribution in [0, 0.1) is 24.5 Å². The molecule has 2 aromatic heterocycles. The van der Waals surface area contributed by atoms with E-state index in [0.29, 0.717) is 17.6 Å². The van der Waals surface area contributed by atoms with Crippen molar-refractivity contribution in [2.45, 2.75) is 19.9 Å². The van der Waals surface area contributed by atoms with Crippen LogP contribution < -0.4 is 5.32 Å². The smallest absolute Gasteiger partial charge is 0.251 e. The first-order chi connectivity index (χ1) is 8.47. The molecule has 0 amide bonds. The van der Waals surface area contributed by atoms with Gasteiger partial charge in [-0.3, -0.25) is 0 Å². The monoisotopic (exact) mass is 256 g/mol. The lowest BCUT2D eigenvalue weighted by Gasteiger charge is -2.12. The minimum absolute atomic E-state index is 0.351. The van der Waals surface area contributed by atoms with Crippen molar-refractivity contribution in [2.75, 3.05) is 5.32 Å². The van der Waals surface area contributed by atoms with Crippen LogP contribution in [-0.2, 0) is 0 Å². The van der Waals surface area contributed by atoms with E-state index in [1.807, 2.05) is 0 Å². The molecule has 96 valence electrons. The fourth-order valence-corrected chi connectivity index (χ4v) is 1.51. The predicted molar refractivity (Wildman–Crippen MR) is 59.6 cm³/mol. The Bertz CT molecular complexity index is 568. The molecule has 2 heterocycles. The number of pyridine rings is 1. The van der Waals surface area contributed by atoms with Crippen LogP contribution >= 0.6 is 0 Å². The van der Waals surface area contributed by atoms with Crippen LogP contribution in [0.2, 0.25) is 0 Å². The van der Waals surface area contributed by atoms with Gasteiger partial charge < -0.3 is 9.73 Å². The standard InChI is InChI=1S/C12H11F3N2O/c1-6-3-4-10(18-6)7(2)16-12-9(14)5-8(13)11(15)17-12/h3-5,7H,1-2H3,(H,16,17). The lowest BCUT2D eigenvalue weighted by molar-refractivity contribution is 0.456. The Morgan fingerprint density at radius 3 is 2.56 bits per heavy atom. The molecule has 2 rings (SSSR count). The van der Waals surface area contributed by atoms with Crippen LogP contribution in [0.1, 0.15) is 24.5 Å². The summed E-state index contributed by atoms with van der Waals surface area (Å²) in [7, 11) is 0. The van der Waals surface area contributed by atoms with Gasteiger partial charge in [-0.15, -0.1) is 0 Å². The molecule has 0 aliphatic carbocycles. The highest BCUT2D eigenvalue weighted by Gasteiger charge is 2.16. The van der Waals surface area contributed by atoms with Crippen LogP contribution in [0.4, 0.5) is 19.0 Å². The minimum atomic E-state index is -1.35. The Kier molecular flexibility index (Phi) is 3.27. The number of nitrogens with one attached hydrogen (secondary N) is 1. The maximum atomic E-state index is 13.3. The van der Waals surface area contributed by atoms with Gasteiger partial charge in [-0.1, -0.05) is 0 Å².